The first kappa shape index (κ1) is 13.8. The topological polar surface area (TPSA) is 29.5 Å². The molecule has 1 aromatic rings. The Morgan fingerprint density at radius 2 is 1.88 bits per heavy atom. The number of ether oxygens (including phenoxy) is 1. The number of anilines is 1. The molecule has 0 N–H and O–H groups in total. The van der Waals surface area contributed by atoms with E-state index >= 15 is 0 Å². The van der Waals surface area contributed by atoms with Crippen molar-refractivity contribution in [2.75, 3.05) is 11.4 Å². The summed E-state index contributed by atoms with van der Waals surface area (Å²) in [5.41, 5.74) is 0.575. The van der Waals surface area contributed by atoms with Crippen molar-refractivity contribution in [1.82, 2.24) is 0 Å². The van der Waals surface area contributed by atoms with E-state index in [1.807, 2.05) is 6.07 Å². The maximum atomic E-state index is 11.5. The molecule has 0 saturated carbocycles. The van der Waals surface area contributed by atoms with E-state index in [4.69, 9.17) is 34.8 Å². The average molecular weight is 301 g/mol. The average Bonchev–Trinajstić information content (AvgIpc) is 2.25. The zero-order valence-electron chi connectivity index (χ0n) is 8.19. The summed E-state index contributed by atoms with van der Waals surface area (Å²) < 4.78 is 4.14. The number of carbonyl (C=O) groups excluding carboxylic acids is 1. The molecule has 1 amide bonds. The first-order valence-electron chi connectivity index (χ1n) is 4.13. The molecule has 1 rings (SSSR count). The maximum Gasteiger partial charge on any atom is 0.424 e. The Morgan fingerprint density at radius 3 is 2.31 bits per heavy atom. The highest BCUT2D eigenvalue weighted by Gasteiger charge is 2.30. The van der Waals surface area contributed by atoms with Crippen LogP contribution < -0.4 is 4.31 Å². The Bertz CT molecular complexity index is 356. The molecule has 7 heteroatoms. The molecule has 0 heterocycles. The molecule has 0 fully saturated rings. The van der Waals surface area contributed by atoms with E-state index in [1.54, 1.807) is 24.3 Å². The molecule has 88 valence electrons. The molecule has 0 unspecified atom stereocenters. The number of carbonyl (C=O) groups is 1. The molecule has 0 aliphatic heterocycles. The van der Waals surface area contributed by atoms with Crippen molar-refractivity contribution in [3.05, 3.63) is 30.3 Å². The second-order valence-corrected chi connectivity index (χ2v) is 6.75. The number of methoxy groups -OCH3 is 1. The van der Waals surface area contributed by atoms with Gasteiger partial charge in [-0.3, -0.25) is 0 Å². The highest BCUT2D eigenvalue weighted by atomic mass is 35.6. The smallest absolute Gasteiger partial charge is 0.424 e. The number of nitrogens with zero attached hydrogens (tertiary/aromatic N) is 1. The monoisotopic (exact) mass is 299 g/mol. The molecule has 0 bridgehead atoms. The van der Waals surface area contributed by atoms with Gasteiger partial charge in [-0.05, 0) is 12.1 Å². The Morgan fingerprint density at radius 1 is 1.31 bits per heavy atom. The zero-order valence-corrected chi connectivity index (χ0v) is 11.3. The highest BCUT2D eigenvalue weighted by Crippen LogP contribution is 2.43. The van der Waals surface area contributed by atoms with Gasteiger partial charge in [0, 0.05) is 11.9 Å². The fourth-order valence-electron chi connectivity index (χ4n) is 0.945. The Labute approximate surface area is 113 Å². The maximum absolute atomic E-state index is 11.5. The lowest BCUT2D eigenvalue weighted by atomic mass is 10.3. The van der Waals surface area contributed by atoms with E-state index in [2.05, 4.69) is 4.74 Å². The number of hydrogen-bond donors (Lipinski definition) is 0. The molecular formula is C9H8Cl3NO2S. The van der Waals surface area contributed by atoms with Crippen molar-refractivity contribution in [2.45, 2.75) is 3.12 Å². The van der Waals surface area contributed by atoms with Gasteiger partial charge in [0.2, 0.25) is 0 Å². The van der Waals surface area contributed by atoms with E-state index in [9.17, 15) is 4.79 Å². The SMILES string of the molecule is COC(=O)N(SC(Cl)(Cl)Cl)c1ccccc1. The highest BCUT2D eigenvalue weighted by molar-refractivity contribution is 8.06. The van der Waals surface area contributed by atoms with Crippen LogP contribution in [0.25, 0.3) is 0 Å². The minimum atomic E-state index is -1.63. The lowest BCUT2D eigenvalue weighted by Crippen LogP contribution is -2.26. The molecule has 0 aliphatic carbocycles. The number of hydrogen-bond acceptors (Lipinski definition) is 3. The van der Waals surface area contributed by atoms with Gasteiger partial charge in [0.1, 0.15) is 0 Å². The van der Waals surface area contributed by atoms with Gasteiger partial charge in [-0.25, -0.2) is 9.10 Å². The molecule has 0 atom stereocenters. The van der Waals surface area contributed by atoms with Crippen LogP contribution >= 0.6 is 46.8 Å². The van der Waals surface area contributed by atoms with Crippen LogP contribution in [0.2, 0.25) is 0 Å². The number of benzene rings is 1. The first-order valence-corrected chi connectivity index (χ1v) is 6.04. The van der Waals surface area contributed by atoms with Gasteiger partial charge in [0.05, 0.1) is 12.8 Å². The molecule has 3 nitrogen and oxygen atoms in total. The summed E-state index contributed by atoms with van der Waals surface area (Å²) in [6.45, 7) is 0. The summed E-state index contributed by atoms with van der Waals surface area (Å²) in [7, 11) is 1.26. The Balaban J connectivity index is 2.93. The number of para-hydroxylation sites is 1. The predicted molar refractivity (Wildman–Crippen MR) is 69.2 cm³/mol. The first-order chi connectivity index (χ1) is 7.44. The Kier molecular flexibility index (Phi) is 5.05. The van der Waals surface area contributed by atoms with Crippen LogP contribution in [0, 0.1) is 0 Å². The summed E-state index contributed by atoms with van der Waals surface area (Å²) in [6, 6.07) is 8.77. The van der Waals surface area contributed by atoms with Gasteiger partial charge in [-0.1, -0.05) is 53.0 Å². The zero-order chi connectivity index (χ0) is 12.2. The van der Waals surface area contributed by atoms with Crippen LogP contribution in [0.15, 0.2) is 30.3 Å². The third kappa shape index (κ3) is 4.29. The normalized spacial score (nSPS) is 11.0. The van der Waals surface area contributed by atoms with Crippen molar-refractivity contribution < 1.29 is 9.53 Å². The van der Waals surface area contributed by atoms with Crippen molar-refractivity contribution >= 4 is 58.5 Å². The molecule has 1 aromatic carbocycles. The van der Waals surface area contributed by atoms with Crippen LogP contribution in [0.3, 0.4) is 0 Å². The fraction of sp³-hybridized carbons (Fsp3) is 0.222. The Hall–Kier alpha value is -0.290. The third-order valence-corrected chi connectivity index (χ3v) is 2.90. The second kappa shape index (κ2) is 5.87. The van der Waals surface area contributed by atoms with Crippen molar-refractivity contribution in [3.63, 3.8) is 0 Å². The minimum Gasteiger partial charge on any atom is -0.452 e. The number of alkyl halides is 3. The molecule has 0 aromatic heterocycles. The van der Waals surface area contributed by atoms with Crippen LogP contribution in [0.1, 0.15) is 0 Å². The van der Waals surface area contributed by atoms with Gasteiger partial charge >= 0.3 is 6.09 Å². The van der Waals surface area contributed by atoms with E-state index in [1.165, 1.54) is 11.4 Å². The van der Waals surface area contributed by atoms with Gasteiger partial charge in [0.15, 0.2) is 0 Å². The van der Waals surface area contributed by atoms with Crippen LogP contribution in [0.4, 0.5) is 10.5 Å². The quantitative estimate of drug-likeness (QED) is 0.604. The van der Waals surface area contributed by atoms with Crippen LogP contribution in [-0.4, -0.2) is 16.3 Å². The molecule has 0 spiro atoms. The van der Waals surface area contributed by atoms with E-state index in [-0.39, 0.29) is 0 Å². The van der Waals surface area contributed by atoms with Crippen molar-refractivity contribution in [2.24, 2.45) is 0 Å². The molecular weight excluding hydrogens is 293 g/mol. The molecule has 0 aliphatic rings. The number of amides is 1. The minimum absolute atomic E-state index is 0.575. The molecule has 0 saturated heterocycles. The standard InChI is InChI=1S/C9H8Cl3NO2S/c1-15-8(14)13(16-9(10,11)12)7-5-3-2-4-6-7/h2-6H,1H3. The fourth-order valence-corrected chi connectivity index (χ4v) is 2.15. The van der Waals surface area contributed by atoms with E-state index < -0.39 is 9.22 Å². The summed E-state index contributed by atoms with van der Waals surface area (Å²) in [4.78, 5) is 11.5. The van der Waals surface area contributed by atoms with E-state index in [0.29, 0.717) is 5.69 Å². The van der Waals surface area contributed by atoms with Gasteiger partial charge in [0.25, 0.3) is 3.12 Å². The predicted octanol–water partition coefficient (Wildman–Crippen LogP) is 4.24. The molecule has 0 radical (unpaired) electrons. The number of rotatable bonds is 2. The second-order valence-electron chi connectivity index (χ2n) is 2.64. The van der Waals surface area contributed by atoms with Crippen molar-refractivity contribution in [3.8, 4) is 0 Å². The van der Waals surface area contributed by atoms with Crippen LogP contribution in [0.5, 0.6) is 0 Å². The van der Waals surface area contributed by atoms with E-state index in [0.717, 1.165) is 11.9 Å². The third-order valence-electron chi connectivity index (χ3n) is 1.53. The lowest BCUT2D eigenvalue weighted by molar-refractivity contribution is 0.183. The van der Waals surface area contributed by atoms with Gasteiger partial charge in [-0.15, -0.1) is 0 Å². The van der Waals surface area contributed by atoms with Gasteiger partial charge in [-0.2, -0.15) is 0 Å². The van der Waals surface area contributed by atoms with Crippen LogP contribution in [-0.2, 0) is 4.74 Å². The summed E-state index contributed by atoms with van der Waals surface area (Å²) in [5.74, 6) is 0. The summed E-state index contributed by atoms with van der Waals surface area (Å²) in [5, 5.41) is 0. The van der Waals surface area contributed by atoms with Gasteiger partial charge < -0.3 is 4.74 Å². The molecule has 16 heavy (non-hydrogen) atoms. The summed E-state index contributed by atoms with van der Waals surface area (Å²) in [6.07, 6.45) is -0.609. The number of halogens is 3. The lowest BCUT2D eigenvalue weighted by Gasteiger charge is -2.23. The van der Waals surface area contributed by atoms with Crippen molar-refractivity contribution in [1.29, 1.82) is 0 Å². The largest absolute Gasteiger partial charge is 0.452 e. The summed E-state index contributed by atoms with van der Waals surface area (Å²) >= 11 is 17.6.